The molecule has 3 nitrogen and oxygen atoms in total. The molecule has 0 saturated heterocycles. The summed E-state index contributed by atoms with van der Waals surface area (Å²) in [7, 11) is -2.00. The number of aryl methyl sites for hydroxylation is 1. The van der Waals surface area contributed by atoms with Crippen LogP contribution in [-0.4, -0.2) is 0 Å². The highest BCUT2D eigenvalue weighted by molar-refractivity contribution is 7.43. The Hall–Kier alpha value is -5.63. The lowest BCUT2D eigenvalue weighted by Crippen LogP contribution is -2.27. The summed E-state index contributed by atoms with van der Waals surface area (Å²) in [6, 6.07) is 60.9. The molecular weight excluding hydrogens is 752 g/mol. The van der Waals surface area contributed by atoms with Crippen LogP contribution in [0.25, 0.3) is 0 Å². The number of fused-ring (bicyclic) bond motifs is 2. The van der Waals surface area contributed by atoms with Crippen molar-refractivity contribution in [2.45, 2.75) is 90.4 Å². The fourth-order valence-corrected chi connectivity index (χ4v) is 9.80. The molecule has 0 saturated carbocycles. The molecule has 4 heteroatoms. The van der Waals surface area contributed by atoms with Gasteiger partial charge in [0.2, 0.25) is 0 Å². The summed E-state index contributed by atoms with van der Waals surface area (Å²) in [6.45, 7) is 20.6. The lowest BCUT2D eigenvalue weighted by molar-refractivity contribution is 0.371. The summed E-state index contributed by atoms with van der Waals surface area (Å²) >= 11 is 0. The maximum Gasteiger partial charge on any atom is 0.530 e. The third-order valence-electron chi connectivity index (χ3n) is 13.0. The Morgan fingerprint density at radius 2 is 0.733 bits per heavy atom. The van der Waals surface area contributed by atoms with Gasteiger partial charge in [-0.25, -0.2) is 0 Å². The van der Waals surface area contributed by atoms with Crippen LogP contribution in [0.15, 0.2) is 170 Å². The van der Waals surface area contributed by atoms with E-state index in [0.717, 1.165) is 39.3 Å². The van der Waals surface area contributed by atoms with Gasteiger partial charge in [-0.1, -0.05) is 219 Å². The summed E-state index contributed by atoms with van der Waals surface area (Å²) in [4.78, 5) is 0. The highest BCUT2D eigenvalue weighted by Gasteiger charge is 2.39. The van der Waals surface area contributed by atoms with Crippen LogP contribution in [0.5, 0.6) is 17.2 Å². The van der Waals surface area contributed by atoms with Crippen molar-refractivity contribution in [3.05, 3.63) is 231 Å². The summed E-state index contributed by atoms with van der Waals surface area (Å²) in [5, 5.41) is 0. The second-order valence-electron chi connectivity index (χ2n) is 18.5. The van der Waals surface area contributed by atoms with Crippen molar-refractivity contribution in [2.24, 2.45) is 0 Å². The van der Waals surface area contributed by atoms with Gasteiger partial charge in [0.05, 0.1) is 0 Å². The molecule has 7 aromatic carbocycles. The van der Waals surface area contributed by atoms with Crippen molar-refractivity contribution in [3.63, 3.8) is 0 Å². The lowest BCUT2D eigenvalue weighted by atomic mass is 9.70. The van der Waals surface area contributed by atoms with Crippen molar-refractivity contribution in [2.75, 3.05) is 0 Å². The molecule has 0 unspecified atom stereocenters. The molecule has 0 atom stereocenters. The van der Waals surface area contributed by atoms with E-state index in [9.17, 15) is 0 Å². The van der Waals surface area contributed by atoms with Gasteiger partial charge in [-0.3, -0.25) is 0 Å². The van der Waals surface area contributed by atoms with Gasteiger partial charge in [0.1, 0.15) is 17.2 Å². The van der Waals surface area contributed by atoms with Crippen molar-refractivity contribution < 1.29 is 13.6 Å². The summed E-state index contributed by atoms with van der Waals surface area (Å²) < 4.78 is 21.5. The Balaban J connectivity index is 1.43. The zero-order valence-electron chi connectivity index (χ0n) is 36.5. The van der Waals surface area contributed by atoms with E-state index in [-0.39, 0.29) is 10.8 Å². The molecule has 8 rings (SSSR count). The van der Waals surface area contributed by atoms with Crippen molar-refractivity contribution in [3.8, 4) is 17.2 Å². The van der Waals surface area contributed by atoms with Gasteiger partial charge in [0, 0.05) is 39.2 Å². The first-order valence-electron chi connectivity index (χ1n) is 21.1. The molecule has 0 aromatic heterocycles. The Bertz CT molecular complexity index is 2420. The molecular formula is C56H57O3P. The molecule has 60 heavy (non-hydrogen) atoms. The number of benzene rings is 7. The molecule has 0 spiro atoms. The standard InChI is InChI=1S/C56H57O3P/c1-39-30-32-48(33-31-39)57-60-58-51-40(35-46(53(2,3)42-22-14-10-15-23-42)37-49(51)55(6,7)44-26-18-12-19-27-44)34-41-36-47(54(4,5)43-24-16-11-17-25-43)38-50(52(41)59-60)56(8,9)45-28-20-13-21-29-45/h10-33,35-38H,34H2,1-9H3. The fraction of sp³-hybridized carbons (Fsp3) is 0.250. The first-order chi connectivity index (χ1) is 28.7. The van der Waals surface area contributed by atoms with Crippen LogP contribution >= 0.6 is 8.60 Å². The zero-order chi connectivity index (χ0) is 42.3. The molecule has 0 bridgehead atoms. The SMILES string of the molecule is Cc1ccc(OP2Oc3c(cc(C(C)(C)c4ccccc4)cc3C(C)(C)c3ccccc3)Cc3cc(C(C)(C)c4ccccc4)cc(C(C)(C)c4ccccc4)c3O2)cc1. The highest BCUT2D eigenvalue weighted by atomic mass is 31.2. The van der Waals surface area contributed by atoms with E-state index >= 15 is 0 Å². The number of rotatable bonds is 10. The first-order valence-corrected chi connectivity index (χ1v) is 22.2. The van der Waals surface area contributed by atoms with Gasteiger partial charge in [0.15, 0.2) is 0 Å². The summed E-state index contributed by atoms with van der Waals surface area (Å²) in [5.74, 6) is 2.33. The van der Waals surface area contributed by atoms with E-state index in [1.807, 2.05) is 12.1 Å². The molecule has 1 aliphatic heterocycles. The monoisotopic (exact) mass is 808 g/mol. The van der Waals surface area contributed by atoms with Crippen molar-refractivity contribution in [1.29, 1.82) is 0 Å². The summed E-state index contributed by atoms with van der Waals surface area (Å²) in [5.41, 5.74) is 11.5. The van der Waals surface area contributed by atoms with E-state index in [4.69, 9.17) is 13.6 Å². The minimum atomic E-state index is -2.00. The summed E-state index contributed by atoms with van der Waals surface area (Å²) in [6.07, 6.45) is 0.603. The van der Waals surface area contributed by atoms with Crippen LogP contribution in [0.4, 0.5) is 0 Å². The maximum absolute atomic E-state index is 7.30. The molecule has 0 amide bonds. The van der Waals surface area contributed by atoms with Crippen molar-refractivity contribution >= 4 is 8.60 Å². The van der Waals surface area contributed by atoms with Gasteiger partial charge < -0.3 is 13.6 Å². The van der Waals surface area contributed by atoms with Crippen LogP contribution < -0.4 is 13.6 Å². The Labute approximate surface area is 359 Å². The number of hydrogen-bond acceptors (Lipinski definition) is 3. The van der Waals surface area contributed by atoms with Gasteiger partial charge in [-0.2, -0.15) is 0 Å². The first kappa shape index (κ1) is 41.1. The molecule has 0 radical (unpaired) electrons. The van der Waals surface area contributed by atoms with Crippen LogP contribution in [-0.2, 0) is 28.1 Å². The maximum atomic E-state index is 7.30. The van der Waals surface area contributed by atoms with Gasteiger partial charge >= 0.3 is 8.60 Å². The van der Waals surface area contributed by atoms with E-state index < -0.39 is 19.4 Å². The molecule has 1 heterocycles. The smallest absolute Gasteiger partial charge is 0.409 e. The van der Waals surface area contributed by atoms with E-state index in [2.05, 4.69) is 220 Å². The Morgan fingerprint density at radius 3 is 1.08 bits per heavy atom. The Kier molecular flexibility index (Phi) is 11.0. The van der Waals surface area contributed by atoms with E-state index in [1.165, 1.54) is 33.4 Å². The lowest BCUT2D eigenvalue weighted by Gasteiger charge is -2.37. The third kappa shape index (κ3) is 7.89. The predicted molar refractivity (Wildman–Crippen MR) is 250 cm³/mol. The minimum Gasteiger partial charge on any atom is -0.409 e. The van der Waals surface area contributed by atoms with Gasteiger partial charge in [-0.15, -0.1) is 0 Å². The van der Waals surface area contributed by atoms with Gasteiger partial charge in [0.25, 0.3) is 0 Å². The van der Waals surface area contributed by atoms with E-state index in [1.54, 1.807) is 0 Å². The van der Waals surface area contributed by atoms with Crippen molar-refractivity contribution in [1.82, 2.24) is 0 Å². The zero-order valence-corrected chi connectivity index (χ0v) is 37.4. The largest absolute Gasteiger partial charge is 0.530 e. The van der Waals surface area contributed by atoms with Crippen LogP contribution in [0.1, 0.15) is 117 Å². The average Bonchev–Trinajstić information content (AvgIpc) is 3.25. The van der Waals surface area contributed by atoms with Gasteiger partial charge in [-0.05, 0) is 63.6 Å². The minimum absolute atomic E-state index is 0.305. The van der Waals surface area contributed by atoms with Crippen LogP contribution in [0.2, 0.25) is 0 Å². The van der Waals surface area contributed by atoms with Crippen LogP contribution in [0.3, 0.4) is 0 Å². The predicted octanol–water partition coefficient (Wildman–Crippen LogP) is 15.0. The normalized spacial score (nSPS) is 13.6. The molecule has 7 aromatic rings. The topological polar surface area (TPSA) is 27.7 Å². The van der Waals surface area contributed by atoms with E-state index in [0.29, 0.717) is 12.2 Å². The highest BCUT2D eigenvalue weighted by Crippen LogP contribution is 2.55. The quantitative estimate of drug-likeness (QED) is 0.129. The molecule has 304 valence electrons. The third-order valence-corrected chi connectivity index (χ3v) is 14.0. The average molecular weight is 809 g/mol. The molecule has 1 aliphatic rings. The Morgan fingerprint density at radius 1 is 0.400 bits per heavy atom. The molecule has 0 aliphatic carbocycles. The second-order valence-corrected chi connectivity index (χ2v) is 19.5. The second kappa shape index (κ2) is 16.1. The fourth-order valence-electron chi connectivity index (χ4n) is 8.67. The molecule has 0 N–H and O–H groups in total. The van der Waals surface area contributed by atoms with Crippen LogP contribution in [0, 0.1) is 6.92 Å². The number of hydrogen-bond donors (Lipinski definition) is 0. The molecule has 0 fully saturated rings.